The number of fused-ring (bicyclic) bond motifs is 1. The van der Waals surface area contributed by atoms with Gasteiger partial charge in [0.25, 0.3) is 0 Å². The first-order chi connectivity index (χ1) is 6.18. The van der Waals surface area contributed by atoms with E-state index in [0.717, 1.165) is 17.7 Å². The maximum absolute atomic E-state index is 11.3. The fourth-order valence-corrected chi connectivity index (χ4v) is 1.52. The van der Waals surface area contributed by atoms with Crippen LogP contribution >= 0.6 is 0 Å². The zero-order valence-electron chi connectivity index (χ0n) is 7.63. The SMILES string of the molecule is Cc1nc(C)c2c(n1)C(=O)OCC2. The molecule has 0 saturated heterocycles. The quantitative estimate of drug-likeness (QED) is 0.551. The monoisotopic (exact) mass is 178 g/mol. The Morgan fingerprint density at radius 2 is 2.08 bits per heavy atom. The third-order valence-electron chi connectivity index (χ3n) is 2.10. The second-order valence-electron chi connectivity index (χ2n) is 3.07. The Labute approximate surface area is 76.0 Å². The topological polar surface area (TPSA) is 52.1 Å². The molecule has 4 heteroatoms. The van der Waals surface area contributed by atoms with Gasteiger partial charge in [-0.2, -0.15) is 0 Å². The van der Waals surface area contributed by atoms with E-state index in [1.54, 1.807) is 6.92 Å². The van der Waals surface area contributed by atoms with Gasteiger partial charge in [-0.15, -0.1) is 0 Å². The number of cyclic esters (lactones) is 1. The standard InChI is InChI=1S/C9H10N2O2/c1-5-7-3-4-13-9(12)8(7)11-6(2)10-5/h3-4H2,1-2H3. The maximum atomic E-state index is 11.3. The number of carbonyl (C=O) groups is 1. The molecule has 0 spiro atoms. The first kappa shape index (κ1) is 8.16. The smallest absolute Gasteiger partial charge is 0.357 e. The minimum absolute atomic E-state index is 0.324. The summed E-state index contributed by atoms with van der Waals surface area (Å²) in [7, 11) is 0. The van der Waals surface area contributed by atoms with Crippen LogP contribution in [0.1, 0.15) is 27.6 Å². The Morgan fingerprint density at radius 3 is 2.85 bits per heavy atom. The Bertz CT molecular complexity index is 374. The van der Waals surface area contributed by atoms with Gasteiger partial charge in [-0.3, -0.25) is 0 Å². The normalized spacial score (nSPS) is 15.1. The highest BCUT2D eigenvalue weighted by molar-refractivity contribution is 5.90. The highest BCUT2D eigenvalue weighted by Crippen LogP contribution is 2.17. The molecule has 2 heterocycles. The Hall–Kier alpha value is -1.45. The summed E-state index contributed by atoms with van der Waals surface area (Å²) in [4.78, 5) is 19.5. The second kappa shape index (κ2) is 2.80. The molecule has 0 amide bonds. The average molecular weight is 178 g/mol. The van der Waals surface area contributed by atoms with E-state index in [-0.39, 0.29) is 5.97 Å². The first-order valence-electron chi connectivity index (χ1n) is 4.19. The van der Waals surface area contributed by atoms with Gasteiger partial charge < -0.3 is 4.74 Å². The number of aryl methyl sites for hydroxylation is 2. The predicted octanol–water partition coefficient (Wildman–Crippen LogP) is 0.806. The summed E-state index contributed by atoms with van der Waals surface area (Å²) in [5, 5.41) is 0. The molecule has 0 atom stereocenters. The molecule has 0 fully saturated rings. The Morgan fingerprint density at radius 1 is 1.31 bits per heavy atom. The summed E-state index contributed by atoms with van der Waals surface area (Å²) in [6.07, 6.45) is 0.729. The minimum atomic E-state index is -0.324. The van der Waals surface area contributed by atoms with Crippen LogP contribution in [0, 0.1) is 13.8 Å². The van der Waals surface area contributed by atoms with Gasteiger partial charge in [0.15, 0.2) is 5.69 Å². The van der Waals surface area contributed by atoms with Crippen LogP contribution in [0.5, 0.6) is 0 Å². The third kappa shape index (κ3) is 1.28. The lowest BCUT2D eigenvalue weighted by molar-refractivity contribution is 0.0470. The van der Waals surface area contributed by atoms with Crippen molar-refractivity contribution in [2.45, 2.75) is 20.3 Å². The molecule has 1 aliphatic heterocycles. The zero-order chi connectivity index (χ0) is 9.42. The number of esters is 1. The van der Waals surface area contributed by atoms with Gasteiger partial charge in [-0.1, -0.05) is 0 Å². The fraction of sp³-hybridized carbons (Fsp3) is 0.444. The fourth-order valence-electron chi connectivity index (χ4n) is 1.52. The number of ether oxygens (including phenoxy) is 1. The van der Waals surface area contributed by atoms with E-state index in [1.807, 2.05) is 6.92 Å². The van der Waals surface area contributed by atoms with E-state index in [4.69, 9.17) is 4.74 Å². The van der Waals surface area contributed by atoms with Crippen LogP contribution in [-0.4, -0.2) is 22.5 Å². The van der Waals surface area contributed by atoms with E-state index in [0.29, 0.717) is 18.1 Å². The maximum Gasteiger partial charge on any atom is 0.357 e. The van der Waals surface area contributed by atoms with Crippen LogP contribution in [0.2, 0.25) is 0 Å². The van der Waals surface area contributed by atoms with Crippen molar-refractivity contribution in [3.05, 3.63) is 22.8 Å². The summed E-state index contributed by atoms with van der Waals surface area (Å²) in [5.41, 5.74) is 2.26. The van der Waals surface area contributed by atoms with Crippen molar-refractivity contribution in [3.63, 3.8) is 0 Å². The number of nitrogens with zero attached hydrogens (tertiary/aromatic N) is 2. The van der Waals surface area contributed by atoms with Crippen LogP contribution in [-0.2, 0) is 11.2 Å². The van der Waals surface area contributed by atoms with E-state index < -0.39 is 0 Å². The molecule has 0 N–H and O–H groups in total. The lowest BCUT2D eigenvalue weighted by atomic mass is 10.1. The van der Waals surface area contributed by atoms with Gasteiger partial charge in [0.05, 0.1) is 6.61 Å². The Balaban J connectivity index is 2.63. The van der Waals surface area contributed by atoms with Crippen molar-refractivity contribution in [3.8, 4) is 0 Å². The predicted molar refractivity (Wildman–Crippen MR) is 45.5 cm³/mol. The molecule has 2 rings (SSSR count). The van der Waals surface area contributed by atoms with Crippen molar-refractivity contribution in [2.24, 2.45) is 0 Å². The minimum Gasteiger partial charge on any atom is -0.461 e. The summed E-state index contributed by atoms with van der Waals surface area (Å²) in [5.74, 6) is 0.296. The van der Waals surface area contributed by atoms with Gasteiger partial charge >= 0.3 is 5.97 Å². The van der Waals surface area contributed by atoms with E-state index >= 15 is 0 Å². The van der Waals surface area contributed by atoms with Gasteiger partial charge in [0, 0.05) is 17.7 Å². The molecule has 13 heavy (non-hydrogen) atoms. The third-order valence-corrected chi connectivity index (χ3v) is 2.10. The number of aromatic nitrogens is 2. The number of rotatable bonds is 0. The van der Waals surface area contributed by atoms with Crippen molar-refractivity contribution in [2.75, 3.05) is 6.61 Å². The average Bonchev–Trinajstić information content (AvgIpc) is 2.07. The molecule has 68 valence electrons. The van der Waals surface area contributed by atoms with Crippen molar-refractivity contribution in [1.82, 2.24) is 9.97 Å². The molecule has 4 nitrogen and oxygen atoms in total. The van der Waals surface area contributed by atoms with E-state index in [2.05, 4.69) is 9.97 Å². The Kier molecular flexibility index (Phi) is 1.76. The van der Waals surface area contributed by atoms with Crippen molar-refractivity contribution >= 4 is 5.97 Å². The molecular weight excluding hydrogens is 168 g/mol. The highest BCUT2D eigenvalue weighted by atomic mass is 16.5. The first-order valence-corrected chi connectivity index (χ1v) is 4.19. The molecule has 1 aliphatic rings. The van der Waals surface area contributed by atoms with Gasteiger partial charge in [-0.25, -0.2) is 14.8 Å². The van der Waals surface area contributed by atoms with Crippen LogP contribution in [0.3, 0.4) is 0 Å². The van der Waals surface area contributed by atoms with Crippen molar-refractivity contribution in [1.29, 1.82) is 0 Å². The summed E-state index contributed by atoms with van der Waals surface area (Å²) >= 11 is 0. The van der Waals surface area contributed by atoms with E-state index in [1.165, 1.54) is 0 Å². The summed E-state index contributed by atoms with van der Waals surface area (Å²) < 4.78 is 4.89. The van der Waals surface area contributed by atoms with Crippen LogP contribution in [0.15, 0.2) is 0 Å². The zero-order valence-corrected chi connectivity index (χ0v) is 7.63. The number of hydrogen-bond acceptors (Lipinski definition) is 4. The van der Waals surface area contributed by atoms with Crippen LogP contribution in [0.4, 0.5) is 0 Å². The molecule has 0 radical (unpaired) electrons. The van der Waals surface area contributed by atoms with Crippen LogP contribution < -0.4 is 0 Å². The second-order valence-corrected chi connectivity index (χ2v) is 3.07. The highest BCUT2D eigenvalue weighted by Gasteiger charge is 2.22. The summed E-state index contributed by atoms with van der Waals surface area (Å²) in [6, 6.07) is 0. The molecule has 0 bridgehead atoms. The van der Waals surface area contributed by atoms with Gasteiger partial charge in [0.2, 0.25) is 0 Å². The van der Waals surface area contributed by atoms with Crippen molar-refractivity contribution < 1.29 is 9.53 Å². The van der Waals surface area contributed by atoms with Gasteiger partial charge in [-0.05, 0) is 13.8 Å². The molecule has 0 saturated carbocycles. The molecule has 0 unspecified atom stereocenters. The number of carbonyl (C=O) groups excluding carboxylic acids is 1. The molecular formula is C9H10N2O2. The lowest BCUT2D eigenvalue weighted by Crippen LogP contribution is -2.21. The molecule has 1 aromatic rings. The van der Waals surface area contributed by atoms with E-state index in [9.17, 15) is 4.79 Å². The van der Waals surface area contributed by atoms with Gasteiger partial charge in [0.1, 0.15) is 5.82 Å². The van der Waals surface area contributed by atoms with Crippen LogP contribution in [0.25, 0.3) is 0 Å². The molecule has 0 aliphatic carbocycles. The lowest BCUT2D eigenvalue weighted by Gasteiger charge is -2.16. The largest absolute Gasteiger partial charge is 0.461 e. The number of hydrogen-bond donors (Lipinski definition) is 0. The summed E-state index contributed by atoms with van der Waals surface area (Å²) in [6.45, 7) is 4.11. The molecule has 0 aromatic carbocycles. The molecule has 1 aromatic heterocycles.